The quantitative estimate of drug-likeness (QED) is 0.590. The van der Waals surface area contributed by atoms with Crippen molar-refractivity contribution >= 4 is 43.5 Å². The van der Waals surface area contributed by atoms with Crippen LogP contribution in [0.1, 0.15) is 24.1 Å². The molecule has 1 unspecified atom stereocenters. The number of nitrogens with one attached hydrogen (secondary N) is 1. The Bertz CT molecular complexity index is 664. The highest BCUT2D eigenvalue weighted by molar-refractivity contribution is 9.10. The first-order valence-corrected chi connectivity index (χ1v) is 8.23. The lowest BCUT2D eigenvalue weighted by molar-refractivity contribution is 0.507. The predicted molar refractivity (Wildman–Crippen MR) is 88.7 cm³/mol. The van der Waals surface area contributed by atoms with Gasteiger partial charge in [-0.15, -0.1) is 0 Å². The molecule has 0 aliphatic carbocycles. The van der Waals surface area contributed by atoms with Crippen LogP contribution in [0.15, 0.2) is 39.3 Å². The third kappa shape index (κ3) is 3.65. The molecular formula is C15H12Br2ClF2N. The SMILES string of the molecule is CCNC(c1ccc(Br)cc1Cl)c1c(F)ccc(Br)c1F. The molecule has 0 bridgehead atoms. The van der Waals surface area contributed by atoms with Crippen LogP contribution in [0.2, 0.25) is 5.02 Å². The molecule has 0 fully saturated rings. The summed E-state index contributed by atoms with van der Waals surface area (Å²) in [7, 11) is 0. The topological polar surface area (TPSA) is 12.0 Å². The molecule has 1 atom stereocenters. The van der Waals surface area contributed by atoms with Gasteiger partial charge in [-0.3, -0.25) is 0 Å². The van der Waals surface area contributed by atoms with Gasteiger partial charge in [0.15, 0.2) is 0 Å². The highest BCUT2D eigenvalue weighted by Crippen LogP contribution is 2.35. The Labute approximate surface area is 144 Å². The second-order valence-corrected chi connectivity index (χ2v) is 6.59. The van der Waals surface area contributed by atoms with Crippen molar-refractivity contribution in [3.63, 3.8) is 0 Å². The number of halogens is 5. The molecule has 0 amide bonds. The largest absolute Gasteiger partial charge is 0.306 e. The molecule has 0 saturated heterocycles. The van der Waals surface area contributed by atoms with E-state index in [1.54, 1.807) is 18.2 Å². The summed E-state index contributed by atoms with van der Waals surface area (Å²) < 4.78 is 29.5. The summed E-state index contributed by atoms with van der Waals surface area (Å²) in [4.78, 5) is 0. The molecule has 2 rings (SSSR count). The monoisotopic (exact) mass is 437 g/mol. The Morgan fingerprint density at radius 1 is 1.19 bits per heavy atom. The van der Waals surface area contributed by atoms with Gasteiger partial charge in [0.2, 0.25) is 0 Å². The summed E-state index contributed by atoms with van der Waals surface area (Å²) in [6.07, 6.45) is 0. The van der Waals surface area contributed by atoms with Crippen LogP contribution in [0.25, 0.3) is 0 Å². The Hall–Kier alpha value is -0.490. The smallest absolute Gasteiger partial charge is 0.145 e. The molecule has 0 aromatic heterocycles. The van der Waals surface area contributed by atoms with Gasteiger partial charge >= 0.3 is 0 Å². The molecule has 112 valence electrons. The Kier molecular flexibility index (Phi) is 5.77. The Balaban J connectivity index is 2.61. The highest BCUT2D eigenvalue weighted by atomic mass is 79.9. The van der Waals surface area contributed by atoms with E-state index in [2.05, 4.69) is 37.2 Å². The minimum atomic E-state index is -0.659. The van der Waals surface area contributed by atoms with Crippen LogP contribution in [0.5, 0.6) is 0 Å². The van der Waals surface area contributed by atoms with E-state index < -0.39 is 17.7 Å². The lowest BCUT2D eigenvalue weighted by atomic mass is 9.97. The van der Waals surface area contributed by atoms with Crippen LogP contribution in [0, 0.1) is 11.6 Å². The summed E-state index contributed by atoms with van der Waals surface area (Å²) in [5, 5.41) is 3.52. The molecule has 0 spiro atoms. The van der Waals surface area contributed by atoms with Gasteiger partial charge in [0.25, 0.3) is 0 Å². The molecule has 0 aliphatic heterocycles. The highest BCUT2D eigenvalue weighted by Gasteiger charge is 2.24. The second-order valence-electron chi connectivity index (χ2n) is 4.41. The van der Waals surface area contributed by atoms with E-state index in [9.17, 15) is 8.78 Å². The van der Waals surface area contributed by atoms with Gasteiger partial charge in [-0.25, -0.2) is 8.78 Å². The lowest BCUT2D eigenvalue weighted by Crippen LogP contribution is -2.24. The van der Waals surface area contributed by atoms with Crippen LogP contribution in [-0.2, 0) is 0 Å². The van der Waals surface area contributed by atoms with Gasteiger partial charge in [0.05, 0.1) is 10.5 Å². The summed E-state index contributed by atoms with van der Waals surface area (Å²) in [6, 6.07) is 7.17. The first-order chi connectivity index (χ1) is 9.95. The zero-order chi connectivity index (χ0) is 15.6. The minimum Gasteiger partial charge on any atom is -0.306 e. The van der Waals surface area contributed by atoms with Gasteiger partial charge < -0.3 is 5.32 Å². The van der Waals surface area contributed by atoms with Crippen LogP contribution in [0.4, 0.5) is 8.78 Å². The average molecular weight is 440 g/mol. The molecule has 1 nitrogen and oxygen atoms in total. The fourth-order valence-corrected chi connectivity index (χ4v) is 3.24. The molecule has 21 heavy (non-hydrogen) atoms. The standard InChI is InChI=1S/C15H12Br2ClF2N/c1-2-21-15(9-4-3-8(16)7-11(9)18)13-12(19)6-5-10(17)14(13)20/h3-7,15,21H,2H2,1H3. The first kappa shape index (κ1) is 16.9. The number of rotatable bonds is 4. The van der Waals surface area contributed by atoms with E-state index in [-0.39, 0.29) is 10.0 Å². The molecule has 0 heterocycles. The van der Waals surface area contributed by atoms with E-state index >= 15 is 0 Å². The summed E-state index contributed by atoms with van der Waals surface area (Å²) >= 11 is 12.6. The number of hydrogen-bond donors (Lipinski definition) is 1. The zero-order valence-corrected chi connectivity index (χ0v) is 15.0. The number of hydrogen-bond acceptors (Lipinski definition) is 1. The first-order valence-electron chi connectivity index (χ1n) is 6.27. The van der Waals surface area contributed by atoms with Crippen molar-refractivity contribution in [1.29, 1.82) is 0 Å². The number of benzene rings is 2. The molecule has 0 aliphatic rings. The van der Waals surface area contributed by atoms with Crippen molar-refractivity contribution in [2.24, 2.45) is 0 Å². The fraction of sp³-hybridized carbons (Fsp3) is 0.200. The third-order valence-electron chi connectivity index (χ3n) is 3.05. The molecule has 1 N–H and O–H groups in total. The minimum absolute atomic E-state index is 0.0459. The zero-order valence-electron chi connectivity index (χ0n) is 11.1. The Morgan fingerprint density at radius 2 is 1.90 bits per heavy atom. The van der Waals surface area contributed by atoms with Crippen molar-refractivity contribution in [2.45, 2.75) is 13.0 Å². The van der Waals surface area contributed by atoms with Gasteiger partial charge in [0.1, 0.15) is 11.6 Å². The summed E-state index contributed by atoms with van der Waals surface area (Å²) in [5.41, 5.74) is 0.577. The van der Waals surface area contributed by atoms with Gasteiger partial charge in [-0.2, -0.15) is 0 Å². The maximum Gasteiger partial charge on any atom is 0.145 e. The molecule has 0 radical (unpaired) electrons. The van der Waals surface area contributed by atoms with Crippen molar-refractivity contribution in [1.82, 2.24) is 5.32 Å². The van der Waals surface area contributed by atoms with Crippen molar-refractivity contribution in [3.8, 4) is 0 Å². The van der Waals surface area contributed by atoms with Crippen molar-refractivity contribution in [2.75, 3.05) is 6.54 Å². The molecule has 6 heteroatoms. The third-order valence-corrected chi connectivity index (χ3v) is 4.48. The van der Waals surface area contributed by atoms with Crippen LogP contribution >= 0.6 is 43.5 Å². The molecule has 0 saturated carbocycles. The summed E-state index contributed by atoms with van der Waals surface area (Å²) in [5.74, 6) is -1.24. The lowest BCUT2D eigenvalue weighted by Gasteiger charge is -2.22. The van der Waals surface area contributed by atoms with Gasteiger partial charge in [-0.1, -0.05) is 40.5 Å². The van der Waals surface area contributed by atoms with Crippen molar-refractivity contribution < 1.29 is 8.78 Å². The van der Waals surface area contributed by atoms with E-state index in [0.29, 0.717) is 17.1 Å². The average Bonchev–Trinajstić information content (AvgIpc) is 2.43. The Morgan fingerprint density at radius 3 is 2.52 bits per heavy atom. The van der Waals surface area contributed by atoms with Crippen LogP contribution in [0.3, 0.4) is 0 Å². The summed E-state index contributed by atoms with van der Waals surface area (Å²) in [6.45, 7) is 2.41. The van der Waals surface area contributed by atoms with Gasteiger partial charge in [-0.05, 0) is 52.3 Å². The van der Waals surface area contributed by atoms with E-state index in [1.165, 1.54) is 12.1 Å². The van der Waals surface area contributed by atoms with Crippen LogP contribution < -0.4 is 5.32 Å². The maximum atomic E-state index is 14.4. The maximum absolute atomic E-state index is 14.4. The van der Waals surface area contributed by atoms with Gasteiger partial charge in [0, 0.05) is 15.1 Å². The normalized spacial score (nSPS) is 12.5. The van der Waals surface area contributed by atoms with Crippen molar-refractivity contribution in [3.05, 3.63) is 67.1 Å². The molecular weight excluding hydrogens is 427 g/mol. The van der Waals surface area contributed by atoms with E-state index in [0.717, 1.165) is 4.47 Å². The second kappa shape index (κ2) is 7.18. The predicted octanol–water partition coefficient (Wildman–Crippen LogP) is 5.84. The van der Waals surface area contributed by atoms with Crippen LogP contribution in [-0.4, -0.2) is 6.54 Å². The molecule has 2 aromatic rings. The van der Waals surface area contributed by atoms with E-state index in [1.807, 2.05) is 6.92 Å². The molecule has 2 aromatic carbocycles. The van der Waals surface area contributed by atoms with E-state index in [4.69, 9.17) is 11.6 Å². The fourth-order valence-electron chi connectivity index (χ4n) is 2.11.